The van der Waals surface area contributed by atoms with E-state index >= 15 is 0 Å². The van der Waals surface area contributed by atoms with Gasteiger partial charge in [0, 0.05) is 0 Å². The van der Waals surface area contributed by atoms with Crippen LogP contribution in [0.15, 0.2) is 0 Å². The molecule has 0 amide bonds. The topological polar surface area (TPSA) is 52.3 Å². The standard InChI is InChI=1S/C5H5NO2/c6-3-5(7)8-4-1-2-4/h4H,3,6H2. The summed E-state index contributed by atoms with van der Waals surface area (Å²) in [7, 11) is 0. The molecule has 3 heteroatoms. The molecule has 0 fully saturated rings. The second-order valence-corrected chi connectivity index (χ2v) is 1.36. The van der Waals surface area contributed by atoms with Crippen molar-refractivity contribution in [3.8, 4) is 11.8 Å². The predicted molar refractivity (Wildman–Crippen MR) is 26.7 cm³/mol. The third-order valence-electron chi connectivity index (χ3n) is 0.678. The molecule has 0 atom stereocenters. The Morgan fingerprint density at radius 3 is 2.75 bits per heavy atom. The minimum atomic E-state index is -0.410. The predicted octanol–water partition coefficient (Wildman–Crippen LogP) is -1.13. The molecule has 1 aliphatic rings. The monoisotopic (exact) mass is 111 g/mol. The largest absolute Gasteiger partial charge is 0.436 e. The van der Waals surface area contributed by atoms with E-state index in [0.717, 1.165) is 0 Å². The van der Waals surface area contributed by atoms with E-state index in [-0.39, 0.29) is 12.6 Å². The van der Waals surface area contributed by atoms with Crippen molar-refractivity contribution in [2.24, 2.45) is 5.73 Å². The Kier molecular flexibility index (Phi) is 1.18. The van der Waals surface area contributed by atoms with Gasteiger partial charge in [0.05, 0.1) is 6.54 Å². The third kappa shape index (κ3) is 1.24. The van der Waals surface area contributed by atoms with Crippen molar-refractivity contribution in [3.63, 3.8) is 0 Å². The highest BCUT2D eigenvalue weighted by Crippen LogP contribution is 1.97. The Morgan fingerprint density at radius 1 is 1.75 bits per heavy atom. The summed E-state index contributed by atoms with van der Waals surface area (Å²) >= 11 is 0. The fraction of sp³-hybridized carbons (Fsp3) is 0.400. The van der Waals surface area contributed by atoms with Crippen LogP contribution in [0.3, 0.4) is 0 Å². The Bertz CT molecular complexity index is 157. The minimum Gasteiger partial charge on any atom is -0.436 e. The molecule has 42 valence electrons. The molecule has 0 aliphatic heterocycles. The Labute approximate surface area is 46.8 Å². The lowest BCUT2D eigenvalue weighted by Crippen LogP contribution is -2.18. The zero-order valence-electron chi connectivity index (χ0n) is 4.18. The Balaban J connectivity index is 2.09. The van der Waals surface area contributed by atoms with Crippen molar-refractivity contribution in [3.05, 3.63) is 0 Å². The highest BCUT2D eigenvalue weighted by molar-refractivity contribution is 5.72. The number of hydrogen-bond donors (Lipinski definition) is 1. The molecule has 0 aromatic carbocycles. The molecule has 1 rings (SSSR count). The van der Waals surface area contributed by atoms with Crippen molar-refractivity contribution >= 4 is 5.97 Å². The van der Waals surface area contributed by atoms with Crippen LogP contribution in [0.5, 0.6) is 0 Å². The summed E-state index contributed by atoms with van der Waals surface area (Å²) in [6, 6.07) is 0. The van der Waals surface area contributed by atoms with Crippen molar-refractivity contribution < 1.29 is 9.53 Å². The molecule has 0 heterocycles. The molecule has 0 aromatic rings. The summed E-state index contributed by atoms with van der Waals surface area (Å²) in [6.07, 6.45) is -0.300. The SMILES string of the molecule is NCC(=O)OC1C#C1. The molecule has 1 aliphatic carbocycles. The maximum atomic E-state index is 10.2. The van der Waals surface area contributed by atoms with Gasteiger partial charge in [0.2, 0.25) is 6.10 Å². The fourth-order valence-electron chi connectivity index (χ4n) is 0.273. The zero-order valence-corrected chi connectivity index (χ0v) is 4.18. The molecule has 0 spiro atoms. The number of carbonyl (C=O) groups excluding carboxylic acids is 1. The molecular weight excluding hydrogens is 106 g/mol. The molecule has 3 nitrogen and oxygen atoms in total. The molecular formula is C5H5NO2. The van der Waals surface area contributed by atoms with Gasteiger partial charge in [-0.1, -0.05) is 0 Å². The molecule has 0 bridgehead atoms. The lowest BCUT2D eigenvalue weighted by molar-refractivity contribution is -0.141. The summed E-state index contributed by atoms with van der Waals surface area (Å²) < 4.78 is 4.52. The van der Waals surface area contributed by atoms with Crippen LogP contribution in [0.25, 0.3) is 0 Å². The average molecular weight is 111 g/mol. The van der Waals surface area contributed by atoms with Gasteiger partial charge in [-0.3, -0.25) is 4.79 Å². The van der Waals surface area contributed by atoms with Crippen molar-refractivity contribution in [1.29, 1.82) is 0 Å². The van der Waals surface area contributed by atoms with Gasteiger partial charge < -0.3 is 10.5 Å². The van der Waals surface area contributed by atoms with Crippen LogP contribution in [0, 0.1) is 11.8 Å². The minimum absolute atomic E-state index is 0.0696. The first-order valence-corrected chi connectivity index (χ1v) is 2.23. The van der Waals surface area contributed by atoms with Crippen molar-refractivity contribution in [1.82, 2.24) is 0 Å². The number of ether oxygens (including phenoxy) is 1. The van der Waals surface area contributed by atoms with Gasteiger partial charge in [0.15, 0.2) is 0 Å². The number of carbonyl (C=O) groups is 1. The molecule has 0 radical (unpaired) electrons. The molecule has 0 saturated carbocycles. The van der Waals surface area contributed by atoms with Crippen LogP contribution in [-0.2, 0) is 9.53 Å². The normalized spacial score (nSPS) is 14.1. The summed E-state index contributed by atoms with van der Waals surface area (Å²) in [5.74, 6) is 4.69. The highest BCUT2D eigenvalue weighted by Gasteiger charge is 2.13. The third-order valence-corrected chi connectivity index (χ3v) is 0.678. The first-order chi connectivity index (χ1) is 3.83. The van der Waals surface area contributed by atoms with E-state index in [9.17, 15) is 4.79 Å². The zero-order chi connectivity index (χ0) is 5.98. The van der Waals surface area contributed by atoms with Crippen LogP contribution in [0.4, 0.5) is 0 Å². The van der Waals surface area contributed by atoms with Crippen molar-refractivity contribution in [2.75, 3.05) is 6.54 Å². The molecule has 2 N–H and O–H groups in total. The van der Waals surface area contributed by atoms with E-state index in [0.29, 0.717) is 0 Å². The summed E-state index contributed by atoms with van der Waals surface area (Å²) in [4.78, 5) is 10.2. The Hall–Kier alpha value is -1.01. The Morgan fingerprint density at radius 2 is 2.38 bits per heavy atom. The maximum Gasteiger partial charge on any atom is 0.321 e. The molecule has 0 saturated heterocycles. The van der Waals surface area contributed by atoms with E-state index in [4.69, 9.17) is 5.73 Å². The van der Waals surface area contributed by atoms with Gasteiger partial charge in [0.25, 0.3) is 0 Å². The van der Waals surface area contributed by atoms with Gasteiger partial charge in [-0.05, 0) is 11.8 Å². The summed E-state index contributed by atoms with van der Waals surface area (Å²) in [5, 5.41) is 0. The highest BCUT2D eigenvalue weighted by atomic mass is 16.5. The smallest absolute Gasteiger partial charge is 0.321 e. The van der Waals surface area contributed by atoms with E-state index < -0.39 is 5.97 Å². The van der Waals surface area contributed by atoms with Gasteiger partial charge in [-0.15, -0.1) is 0 Å². The first-order valence-electron chi connectivity index (χ1n) is 2.23. The lowest BCUT2D eigenvalue weighted by atomic mass is 10.6. The fourth-order valence-corrected chi connectivity index (χ4v) is 0.273. The summed E-state index contributed by atoms with van der Waals surface area (Å²) in [5.41, 5.74) is 4.92. The number of esters is 1. The van der Waals surface area contributed by atoms with Gasteiger partial charge in [-0.25, -0.2) is 0 Å². The lowest BCUT2D eigenvalue weighted by Gasteiger charge is -1.95. The summed E-state index contributed by atoms with van der Waals surface area (Å²) in [6.45, 7) is -0.0696. The number of hydrogen-bond acceptors (Lipinski definition) is 3. The number of rotatable bonds is 2. The molecule has 0 aromatic heterocycles. The van der Waals surface area contributed by atoms with Crippen LogP contribution in [0.1, 0.15) is 0 Å². The van der Waals surface area contributed by atoms with E-state index in [1.807, 2.05) is 0 Å². The van der Waals surface area contributed by atoms with E-state index in [1.165, 1.54) is 0 Å². The second-order valence-electron chi connectivity index (χ2n) is 1.36. The van der Waals surface area contributed by atoms with Crippen LogP contribution < -0.4 is 5.73 Å². The maximum absolute atomic E-state index is 10.2. The van der Waals surface area contributed by atoms with E-state index in [2.05, 4.69) is 16.6 Å². The van der Waals surface area contributed by atoms with Crippen LogP contribution >= 0.6 is 0 Å². The van der Waals surface area contributed by atoms with Gasteiger partial charge >= 0.3 is 5.97 Å². The number of nitrogens with two attached hydrogens (primary N) is 1. The van der Waals surface area contributed by atoms with Crippen LogP contribution in [0.2, 0.25) is 0 Å². The average Bonchev–Trinajstić information content (AvgIpc) is 2.50. The van der Waals surface area contributed by atoms with Gasteiger partial charge in [0.1, 0.15) is 0 Å². The van der Waals surface area contributed by atoms with Crippen LogP contribution in [-0.4, -0.2) is 18.6 Å². The molecule has 0 unspecified atom stereocenters. The molecule has 8 heavy (non-hydrogen) atoms. The van der Waals surface area contributed by atoms with Crippen molar-refractivity contribution in [2.45, 2.75) is 6.10 Å². The quantitative estimate of drug-likeness (QED) is 0.362. The van der Waals surface area contributed by atoms with Gasteiger partial charge in [-0.2, -0.15) is 0 Å². The first kappa shape index (κ1) is 5.13. The second kappa shape index (κ2) is 1.85. The van der Waals surface area contributed by atoms with E-state index in [1.54, 1.807) is 0 Å².